The molecule has 0 radical (unpaired) electrons. The van der Waals surface area contributed by atoms with Crippen molar-refractivity contribution >= 4 is 23.3 Å². The van der Waals surface area contributed by atoms with Gasteiger partial charge in [-0.1, -0.05) is 24.8 Å². The first-order valence-electron chi connectivity index (χ1n) is 10.0. The van der Waals surface area contributed by atoms with Gasteiger partial charge < -0.3 is 20.7 Å². The fourth-order valence-corrected chi connectivity index (χ4v) is 3.01. The van der Waals surface area contributed by atoms with Crippen LogP contribution in [0.15, 0.2) is 73.1 Å². The van der Waals surface area contributed by atoms with Crippen molar-refractivity contribution in [2.45, 2.75) is 6.92 Å². The summed E-state index contributed by atoms with van der Waals surface area (Å²) >= 11 is 0. The first kappa shape index (κ1) is 22.5. The zero-order chi connectivity index (χ0) is 23.1. The normalized spacial score (nSPS) is 10.3. The lowest BCUT2D eigenvalue weighted by molar-refractivity contribution is -0.125. The maximum absolute atomic E-state index is 12.0. The molecule has 0 atom stereocenters. The predicted molar refractivity (Wildman–Crippen MR) is 126 cm³/mol. The fraction of sp³-hybridized carbons (Fsp3) is 0.167. The van der Waals surface area contributed by atoms with Crippen LogP contribution in [-0.4, -0.2) is 46.6 Å². The van der Waals surface area contributed by atoms with E-state index in [1.807, 2.05) is 30.3 Å². The molecule has 1 heterocycles. The number of rotatable bonds is 9. The van der Waals surface area contributed by atoms with Crippen molar-refractivity contribution in [3.05, 3.63) is 84.2 Å². The van der Waals surface area contributed by atoms with E-state index in [-0.39, 0.29) is 17.4 Å². The van der Waals surface area contributed by atoms with Crippen LogP contribution in [0.1, 0.15) is 18.1 Å². The lowest BCUT2D eigenvalue weighted by Crippen LogP contribution is -2.32. The number of nitrogens with two attached hydrogens (primary N) is 1. The minimum Gasteiger partial charge on any atom is -0.457 e. The van der Waals surface area contributed by atoms with Crippen LogP contribution in [0.4, 0.5) is 11.6 Å². The number of ether oxygens (including phenoxy) is 1. The molecule has 32 heavy (non-hydrogen) atoms. The van der Waals surface area contributed by atoms with E-state index >= 15 is 0 Å². The van der Waals surface area contributed by atoms with E-state index in [1.165, 1.54) is 6.33 Å². The fourth-order valence-electron chi connectivity index (χ4n) is 3.01. The molecule has 0 aliphatic heterocycles. The minimum absolute atomic E-state index is 0.125. The van der Waals surface area contributed by atoms with Gasteiger partial charge in [-0.2, -0.15) is 0 Å². The van der Waals surface area contributed by atoms with Crippen LogP contribution in [-0.2, 0) is 4.79 Å². The zero-order valence-electron chi connectivity index (χ0n) is 18.1. The molecule has 0 saturated carbocycles. The SMILES string of the molecule is C=C(C)C(=O)N(C)CCNc1ncnc(N)c1C(=N)c1ccc(Oc2ccccc2)cc1. The number of nitrogen functional groups attached to an aromatic ring is 1. The van der Waals surface area contributed by atoms with E-state index in [0.717, 1.165) is 5.75 Å². The molecule has 4 N–H and O–H groups in total. The zero-order valence-corrected chi connectivity index (χ0v) is 18.1. The Kier molecular flexibility index (Phi) is 7.17. The van der Waals surface area contributed by atoms with Gasteiger partial charge in [-0.25, -0.2) is 9.97 Å². The highest BCUT2D eigenvalue weighted by atomic mass is 16.5. The molecule has 3 aromatic rings. The minimum atomic E-state index is -0.125. The Hall–Kier alpha value is -4.20. The number of nitrogens with zero attached hydrogens (tertiary/aromatic N) is 3. The molecule has 1 aromatic heterocycles. The van der Waals surface area contributed by atoms with Crippen molar-refractivity contribution in [3.63, 3.8) is 0 Å². The molecule has 164 valence electrons. The van der Waals surface area contributed by atoms with Crippen LogP contribution < -0.4 is 15.8 Å². The molecular weight excluding hydrogens is 404 g/mol. The van der Waals surface area contributed by atoms with Gasteiger partial charge in [0.05, 0.1) is 11.3 Å². The molecule has 0 saturated heterocycles. The summed E-state index contributed by atoms with van der Waals surface area (Å²) in [5.74, 6) is 1.90. The van der Waals surface area contributed by atoms with Crippen molar-refractivity contribution in [2.24, 2.45) is 0 Å². The van der Waals surface area contributed by atoms with Crippen molar-refractivity contribution in [1.29, 1.82) is 5.41 Å². The summed E-state index contributed by atoms with van der Waals surface area (Å²) in [6.07, 6.45) is 1.34. The van der Waals surface area contributed by atoms with E-state index < -0.39 is 0 Å². The monoisotopic (exact) mass is 430 g/mol. The molecule has 0 bridgehead atoms. The number of anilines is 2. The Morgan fingerprint density at radius 2 is 1.78 bits per heavy atom. The van der Waals surface area contributed by atoms with E-state index in [1.54, 1.807) is 43.1 Å². The number of hydrogen-bond acceptors (Lipinski definition) is 7. The molecule has 1 amide bonds. The van der Waals surface area contributed by atoms with Gasteiger partial charge in [0.25, 0.3) is 0 Å². The molecule has 0 fully saturated rings. The van der Waals surface area contributed by atoms with Gasteiger partial charge in [-0.3, -0.25) is 10.2 Å². The first-order valence-corrected chi connectivity index (χ1v) is 10.0. The van der Waals surface area contributed by atoms with Crippen molar-refractivity contribution in [2.75, 3.05) is 31.2 Å². The second-order valence-corrected chi connectivity index (χ2v) is 7.23. The van der Waals surface area contributed by atoms with Gasteiger partial charge in [0.1, 0.15) is 29.5 Å². The second-order valence-electron chi connectivity index (χ2n) is 7.23. The second kappa shape index (κ2) is 10.2. The summed E-state index contributed by atoms with van der Waals surface area (Å²) in [7, 11) is 1.70. The van der Waals surface area contributed by atoms with Crippen LogP contribution >= 0.6 is 0 Å². The van der Waals surface area contributed by atoms with Crippen LogP contribution in [0.3, 0.4) is 0 Å². The van der Waals surface area contributed by atoms with Crippen molar-refractivity contribution in [3.8, 4) is 11.5 Å². The van der Waals surface area contributed by atoms with Gasteiger partial charge in [-0.05, 0) is 43.3 Å². The summed E-state index contributed by atoms with van der Waals surface area (Å²) in [6, 6.07) is 16.6. The molecule has 3 rings (SSSR count). The maximum Gasteiger partial charge on any atom is 0.248 e. The Labute approximate surface area is 187 Å². The Balaban J connectivity index is 1.72. The van der Waals surface area contributed by atoms with E-state index in [4.69, 9.17) is 15.9 Å². The number of para-hydroxylation sites is 1. The summed E-state index contributed by atoms with van der Waals surface area (Å²) in [6.45, 7) is 6.21. The lowest BCUT2D eigenvalue weighted by atomic mass is 10.0. The Morgan fingerprint density at radius 3 is 2.44 bits per heavy atom. The highest BCUT2D eigenvalue weighted by Gasteiger charge is 2.17. The summed E-state index contributed by atoms with van der Waals surface area (Å²) < 4.78 is 5.81. The molecule has 8 heteroatoms. The average molecular weight is 431 g/mol. The molecule has 0 spiro atoms. The number of amides is 1. The number of carbonyl (C=O) groups excluding carboxylic acids is 1. The van der Waals surface area contributed by atoms with E-state index in [0.29, 0.717) is 41.4 Å². The Bertz CT molecular complexity index is 1110. The molecular formula is C24H26N6O2. The molecule has 8 nitrogen and oxygen atoms in total. The third-order valence-corrected chi connectivity index (χ3v) is 4.70. The molecule has 0 aliphatic rings. The topological polar surface area (TPSA) is 117 Å². The summed E-state index contributed by atoms with van der Waals surface area (Å²) in [5.41, 5.74) is 7.78. The van der Waals surface area contributed by atoms with E-state index in [2.05, 4.69) is 21.9 Å². The lowest BCUT2D eigenvalue weighted by Gasteiger charge is -2.19. The van der Waals surface area contributed by atoms with Crippen LogP contribution in [0.2, 0.25) is 0 Å². The summed E-state index contributed by atoms with van der Waals surface area (Å²) in [5, 5.41) is 11.8. The largest absolute Gasteiger partial charge is 0.457 e. The number of carbonyl (C=O) groups is 1. The number of hydrogen-bond donors (Lipinski definition) is 3. The first-order chi connectivity index (χ1) is 15.4. The number of nitrogens with one attached hydrogen (secondary N) is 2. The summed E-state index contributed by atoms with van der Waals surface area (Å²) in [4.78, 5) is 21.8. The third kappa shape index (κ3) is 5.48. The Morgan fingerprint density at radius 1 is 1.12 bits per heavy atom. The van der Waals surface area contributed by atoms with E-state index in [9.17, 15) is 4.79 Å². The van der Waals surface area contributed by atoms with Crippen LogP contribution in [0, 0.1) is 5.41 Å². The van der Waals surface area contributed by atoms with Gasteiger partial charge in [0.15, 0.2) is 0 Å². The van der Waals surface area contributed by atoms with Crippen LogP contribution in [0.5, 0.6) is 11.5 Å². The van der Waals surface area contributed by atoms with Crippen molar-refractivity contribution in [1.82, 2.24) is 14.9 Å². The van der Waals surface area contributed by atoms with Crippen molar-refractivity contribution < 1.29 is 9.53 Å². The average Bonchev–Trinajstić information content (AvgIpc) is 2.79. The van der Waals surface area contributed by atoms with Crippen LogP contribution in [0.25, 0.3) is 0 Å². The quantitative estimate of drug-likeness (QED) is 0.352. The molecule has 2 aromatic carbocycles. The highest BCUT2D eigenvalue weighted by Crippen LogP contribution is 2.25. The predicted octanol–water partition coefficient (Wildman–Crippen LogP) is 3.71. The smallest absolute Gasteiger partial charge is 0.248 e. The highest BCUT2D eigenvalue weighted by molar-refractivity contribution is 6.16. The third-order valence-electron chi connectivity index (χ3n) is 4.70. The molecule has 0 aliphatic carbocycles. The molecule has 0 unspecified atom stereocenters. The maximum atomic E-state index is 12.0. The van der Waals surface area contributed by atoms with Gasteiger partial charge in [0, 0.05) is 31.3 Å². The number of benzene rings is 2. The number of aromatic nitrogens is 2. The van der Waals surface area contributed by atoms with Gasteiger partial charge in [0.2, 0.25) is 5.91 Å². The standard InChI is InChI=1S/C24H26N6O2/c1-16(2)24(31)30(3)14-13-27-23-20(22(26)28-15-29-23)21(25)17-9-11-19(12-10-17)32-18-7-5-4-6-8-18/h4-12,15,25H,1,13-14H2,2-3H3,(H3,26,27,28,29). The van der Waals surface area contributed by atoms with Gasteiger partial charge >= 0.3 is 0 Å². The van der Waals surface area contributed by atoms with Gasteiger partial charge in [-0.15, -0.1) is 0 Å². The number of likely N-dealkylation sites (N-methyl/N-ethyl adjacent to an activating group) is 1.